The van der Waals surface area contributed by atoms with Gasteiger partial charge in [0, 0.05) is 41.0 Å². The van der Waals surface area contributed by atoms with Crippen LogP contribution in [-0.2, 0) is 4.74 Å². The molecule has 4 N–H and O–H groups in total. The molecule has 0 aliphatic carbocycles. The summed E-state index contributed by atoms with van der Waals surface area (Å²) in [6, 6.07) is 1.82. The van der Waals surface area contributed by atoms with Gasteiger partial charge in [0.1, 0.15) is 17.2 Å². The van der Waals surface area contributed by atoms with Crippen molar-refractivity contribution in [1.29, 1.82) is 0 Å². The van der Waals surface area contributed by atoms with Crippen molar-refractivity contribution in [3.8, 4) is 0 Å². The van der Waals surface area contributed by atoms with Crippen LogP contribution in [0.3, 0.4) is 0 Å². The summed E-state index contributed by atoms with van der Waals surface area (Å²) < 4.78 is 7.82. The fourth-order valence-electron chi connectivity index (χ4n) is 4.48. The number of fused-ring (bicyclic) bond motifs is 1. The largest absolute Gasteiger partial charge is 0.382 e. The normalized spacial score (nSPS) is 24.3. The van der Waals surface area contributed by atoms with E-state index in [1.807, 2.05) is 12.3 Å². The maximum absolute atomic E-state index is 6.60. The standard InChI is InChI=1S/C19H25ClN8OSSi/c1-11-29-9-19(18(22)31-11)3-6-27(7-4-19)16-17-25-10-26-28(17)13(8-24-16)30-12-2-5-23-15(21)14(12)20/h2,5,8,10-11,18H,3-4,6-7,9,22,31H2,1H3,(H2,21,23)/t11-,18-/m1/s1. The molecule has 0 saturated carbocycles. The van der Waals surface area contributed by atoms with E-state index in [1.54, 1.807) is 17.0 Å². The van der Waals surface area contributed by atoms with Crippen molar-refractivity contribution >= 4 is 50.2 Å². The minimum Gasteiger partial charge on any atom is -0.382 e. The van der Waals surface area contributed by atoms with Crippen molar-refractivity contribution in [2.24, 2.45) is 11.1 Å². The molecule has 0 bridgehead atoms. The number of hydrogen-bond donors (Lipinski definition) is 2. The molecule has 3 aromatic heterocycles. The number of anilines is 2. The van der Waals surface area contributed by atoms with Gasteiger partial charge in [0.05, 0.1) is 27.3 Å². The predicted molar refractivity (Wildman–Crippen MR) is 124 cm³/mol. The number of rotatable bonds is 3. The Morgan fingerprint density at radius 2 is 2.10 bits per heavy atom. The van der Waals surface area contributed by atoms with Crippen molar-refractivity contribution < 1.29 is 4.74 Å². The number of hydrogen-bond acceptors (Lipinski definition) is 9. The SMILES string of the molecule is C[C@@H]1OCC2(CCN(c3ncc(Sc4ccnc(N)c4Cl)n4ncnc34)CC2)[C@H](N)[SiH2]1. The molecule has 5 rings (SSSR count). The summed E-state index contributed by atoms with van der Waals surface area (Å²) in [6.45, 7) is 4.70. The van der Waals surface area contributed by atoms with Crippen LogP contribution in [0.4, 0.5) is 11.6 Å². The highest BCUT2D eigenvalue weighted by Gasteiger charge is 2.44. The first-order chi connectivity index (χ1) is 15.0. The van der Waals surface area contributed by atoms with E-state index in [2.05, 4.69) is 26.9 Å². The highest BCUT2D eigenvalue weighted by atomic mass is 35.5. The van der Waals surface area contributed by atoms with E-state index in [0.29, 0.717) is 22.2 Å². The van der Waals surface area contributed by atoms with Gasteiger partial charge >= 0.3 is 0 Å². The second-order valence-corrected chi connectivity index (χ2v) is 12.3. The molecule has 0 aromatic carbocycles. The van der Waals surface area contributed by atoms with Crippen molar-refractivity contribution in [2.75, 3.05) is 30.3 Å². The number of nitrogen functional groups attached to an aromatic ring is 1. The summed E-state index contributed by atoms with van der Waals surface area (Å²) in [5, 5.41) is 5.65. The Kier molecular flexibility index (Phi) is 5.55. The van der Waals surface area contributed by atoms with E-state index in [0.717, 1.165) is 53.9 Å². The van der Waals surface area contributed by atoms with Crippen LogP contribution >= 0.6 is 23.4 Å². The lowest BCUT2D eigenvalue weighted by atomic mass is 9.78. The number of aromatic nitrogens is 5. The molecule has 1 spiro atoms. The quantitative estimate of drug-likeness (QED) is 0.539. The van der Waals surface area contributed by atoms with Crippen LogP contribution in [0.2, 0.25) is 5.02 Å². The van der Waals surface area contributed by atoms with Gasteiger partial charge in [-0.3, -0.25) is 0 Å². The monoisotopic (exact) mass is 476 g/mol. The summed E-state index contributed by atoms with van der Waals surface area (Å²) in [4.78, 5) is 16.3. The lowest BCUT2D eigenvalue weighted by Crippen LogP contribution is -2.60. The van der Waals surface area contributed by atoms with Crippen LogP contribution in [0.25, 0.3) is 5.65 Å². The third kappa shape index (κ3) is 3.78. The summed E-state index contributed by atoms with van der Waals surface area (Å²) in [5.74, 6) is 1.14. The van der Waals surface area contributed by atoms with E-state index in [9.17, 15) is 0 Å². The number of halogens is 1. The Balaban J connectivity index is 1.38. The molecule has 0 radical (unpaired) electrons. The molecule has 5 heterocycles. The Hall–Kier alpha value is -1.92. The highest BCUT2D eigenvalue weighted by molar-refractivity contribution is 7.99. The fourth-order valence-corrected chi connectivity index (χ4v) is 7.58. The topological polar surface area (TPSA) is 120 Å². The predicted octanol–water partition coefficient (Wildman–Crippen LogP) is 1.32. The Morgan fingerprint density at radius 3 is 2.87 bits per heavy atom. The summed E-state index contributed by atoms with van der Waals surface area (Å²) in [5.41, 5.74) is 14.0. The van der Waals surface area contributed by atoms with Crippen molar-refractivity contribution in [3.05, 3.63) is 29.8 Å². The van der Waals surface area contributed by atoms with Gasteiger partial charge in [-0.15, -0.1) is 0 Å². The number of nitrogens with two attached hydrogens (primary N) is 2. The third-order valence-corrected chi connectivity index (χ3v) is 10.3. The Bertz CT molecular complexity index is 1110. The maximum atomic E-state index is 6.60. The van der Waals surface area contributed by atoms with Gasteiger partial charge in [-0.05, 0) is 25.8 Å². The van der Waals surface area contributed by atoms with E-state index in [-0.39, 0.29) is 5.41 Å². The molecule has 2 fully saturated rings. The zero-order valence-corrected chi connectivity index (χ0v) is 20.2. The van der Waals surface area contributed by atoms with Crippen molar-refractivity contribution in [3.63, 3.8) is 0 Å². The van der Waals surface area contributed by atoms with Crippen molar-refractivity contribution in [2.45, 2.75) is 41.1 Å². The molecule has 9 nitrogen and oxygen atoms in total. The van der Waals surface area contributed by atoms with Gasteiger partial charge in [0.25, 0.3) is 0 Å². The number of pyridine rings is 1. The molecular weight excluding hydrogens is 452 g/mol. The lowest BCUT2D eigenvalue weighted by molar-refractivity contribution is -0.00582. The van der Waals surface area contributed by atoms with Crippen LogP contribution in [0.15, 0.2) is 34.7 Å². The first kappa shape index (κ1) is 21.0. The zero-order chi connectivity index (χ0) is 21.6. The summed E-state index contributed by atoms with van der Waals surface area (Å²) in [7, 11) is -0.421. The molecule has 0 unspecified atom stereocenters. The van der Waals surface area contributed by atoms with E-state index < -0.39 is 9.52 Å². The van der Waals surface area contributed by atoms with Gasteiger partial charge < -0.3 is 21.1 Å². The summed E-state index contributed by atoms with van der Waals surface area (Å²) >= 11 is 7.75. The van der Waals surface area contributed by atoms with Gasteiger partial charge in [-0.2, -0.15) is 5.10 Å². The van der Waals surface area contributed by atoms with E-state index >= 15 is 0 Å². The molecule has 2 atom stereocenters. The third-order valence-electron chi connectivity index (χ3n) is 6.44. The molecule has 3 aromatic rings. The Morgan fingerprint density at radius 1 is 1.29 bits per heavy atom. The fraction of sp³-hybridized carbons (Fsp3) is 0.474. The smallest absolute Gasteiger partial charge is 0.199 e. The van der Waals surface area contributed by atoms with Gasteiger partial charge in [0.15, 0.2) is 11.5 Å². The van der Waals surface area contributed by atoms with Crippen LogP contribution < -0.4 is 16.4 Å². The second kappa shape index (κ2) is 8.21. The minimum atomic E-state index is -0.421. The van der Waals surface area contributed by atoms with Crippen LogP contribution in [0, 0.1) is 5.41 Å². The van der Waals surface area contributed by atoms with Crippen LogP contribution in [0.5, 0.6) is 0 Å². The maximum Gasteiger partial charge on any atom is 0.199 e. The van der Waals surface area contributed by atoms with Crippen LogP contribution in [-0.4, -0.2) is 65.2 Å². The first-order valence-electron chi connectivity index (χ1n) is 10.4. The van der Waals surface area contributed by atoms with Gasteiger partial charge in [-0.25, -0.2) is 19.5 Å². The summed E-state index contributed by atoms with van der Waals surface area (Å²) in [6.07, 6.45) is 7.02. The van der Waals surface area contributed by atoms with Crippen LogP contribution in [0.1, 0.15) is 19.8 Å². The lowest BCUT2D eigenvalue weighted by Gasteiger charge is -2.49. The second-order valence-electron chi connectivity index (χ2n) is 8.34. The minimum absolute atomic E-state index is 0.118. The van der Waals surface area contributed by atoms with E-state index in [4.69, 9.17) is 32.8 Å². The average molecular weight is 477 g/mol. The van der Waals surface area contributed by atoms with Gasteiger partial charge in [-0.1, -0.05) is 23.4 Å². The zero-order valence-electron chi connectivity index (χ0n) is 17.2. The molecule has 31 heavy (non-hydrogen) atoms. The molecule has 2 aliphatic rings. The average Bonchev–Trinajstić information content (AvgIpc) is 3.26. The molecular formula is C19H25ClN8OSSi. The highest BCUT2D eigenvalue weighted by Crippen LogP contribution is 2.40. The number of ether oxygens (including phenoxy) is 1. The Labute approximate surface area is 191 Å². The molecule has 2 saturated heterocycles. The first-order valence-corrected chi connectivity index (χ1v) is 13.2. The van der Waals surface area contributed by atoms with Crippen molar-refractivity contribution in [1.82, 2.24) is 24.6 Å². The molecule has 12 heteroatoms. The number of piperidine rings is 1. The van der Waals surface area contributed by atoms with Gasteiger partial charge in [0.2, 0.25) is 0 Å². The molecule has 2 aliphatic heterocycles. The number of nitrogens with zero attached hydrogens (tertiary/aromatic N) is 6. The molecule has 164 valence electrons. The molecule has 0 amide bonds. The van der Waals surface area contributed by atoms with E-state index in [1.165, 1.54) is 11.8 Å².